The molecule has 6 heteroatoms. The van der Waals surface area contributed by atoms with Crippen LogP contribution in [0.4, 0.5) is 5.69 Å². The van der Waals surface area contributed by atoms with Gasteiger partial charge in [-0.3, -0.25) is 10.1 Å². The molecule has 0 aliphatic carbocycles. The molecule has 0 fully saturated rings. The summed E-state index contributed by atoms with van der Waals surface area (Å²) in [5.74, 6) is 0.912. The number of hydrogen-bond acceptors (Lipinski definition) is 4. The van der Waals surface area contributed by atoms with Gasteiger partial charge < -0.3 is 4.74 Å². The van der Waals surface area contributed by atoms with E-state index in [4.69, 9.17) is 4.74 Å². The van der Waals surface area contributed by atoms with Crippen LogP contribution in [-0.4, -0.2) is 9.91 Å². The summed E-state index contributed by atoms with van der Waals surface area (Å²) in [6.07, 6.45) is 1.72. The van der Waals surface area contributed by atoms with Gasteiger partial charge in [0, 0.05) is 22.7 Å². The molecule has 110 valence electrons. The predicted octanol–water partition coefficient (Wildman–Crippen LogP) is 4.60. The Kier molecular flexibility index (Phi) is 4.57. The van der Waals surface area contributed by atoms with Crippen LogP contribution in [0.25, 0.3) is 0 Å². The molecule has 0 unspecified atom stereocenters. The van der Waals surface area contributed by atoms with E-state index in [1.807, 2.05) is 19.9 Å². The lowest BCUT2D eigenvalue weighted by Gasteiger charge is -2.11. The van der Waals surface area contributed by atoms with Gasteiger partial charge in [-0.1, -0.05) is 15.9 Å². The Morgan fingerprint density at radius 2 is 1.90 bits per heavy atom. The van der Waals surface area contributed by atoms with Gasteiger partial charge in [0.25, 0.3) is 5.69 Å². The number of nitro benzene ring substituents is 1. The Morgan fingerprint density at radius 1 is 1.19 bits per heavy atom. The first-order valence-corrected chi connectivity index (χ1v) is 7.49. The predicted molar refractivity (Wildman–Crippen MR) is 84.2 cm³/mol. The molecule has 0 amide bonds. The average Bonchev–Trinajstić information content (AvgIpc) is 2.43. The number of aryl methyl sites for hydroxylation is 3. The molecule has 1 aromatic heterocycles. The summed E-state index contributed by atoms with van der Waals surface area (Å²) in [6.45, 7) is 5.46. The number of nitrogens with zero attached hydrogens (tertiary/aromatic N) is 2. The first kappa shape index (κ1) is 15.4. The number of alkyl halides is 1. The number of pyridine rings is 1. The highest BCUT2D eigenvalue weighted by atomic mass is 79.9. The van der Waals surface area contributed by atoms with E-state index in [0.29, 0.717) is 17.2 Å². The minimum Gasteiger partial charge on any atom is -0.438 e. The molecule has 1 heterocycles. The van der Waals surface area contributed by atoms with Gasteiger partial charge >= 0.3 is 0 Å². The summed E-state index contributed by atoms with van der Waals surface area (Å²) in [6, 6.07) is 5.16. The second kappa shape index (κ2) is 6.22. The molecular weight excluding hydrogens is 336 g/mol. The molecule has 0 saturated carbocycles. The van der Waals surface area contributed by atoms with E-state index in [-0.39, 0.29) is 5.69 Å². The largest absolute Gasteiger partial charge is 0.438 e. The molecule has 1 aromatic carbocycles. The Bertz CT molecular complexity index is 702. The van der Waals surface area contributed by atoms with Crippen molar-refractivity contribution < 1.29 is 9.66 Å². The number of ether oxygens (including phenoxy) is 1. The van der Waals surface area contributed by atoms with E-state index in [1.165, 1.54) is 6.07 Å². The third-order valence-electron chi connectivity index (χ3n) is 3.14. The number of rotatable bonds is 4. The zero-order valence-electron chi connectivity index (χ0n) is 12.0. The van der Waals surface area contributed by atoms with Crippen LogP contribution in [0.1, 0.15) is 22.3 Å². The fourth-order valence-electron chi connectivity index (χ4n) is 2.03. The SMILES string of the molecule is Cc1cc(C)c([N+](=O)[O-])cc1Oc1ncc(CBr)cc1C. The Labute approximate surface area is 131 Å². The first-order chi connectivity index (χ1) is 9.92. The van der Waals surface area contributed by atoms with Crippen LogP contribution in [0, 0.1) is 30.9 Å². The normalized spacial score (nSPS) is 10.5. The van der Waals surface area contributed by atoms with Crippen molar-refractivity contribution >= 4 is 21.6 Å². The van der Waals surface area contributed by atoms with Gasteiger partial charge in [-0.05, 0) is 44.0 Å². The van der Waals surface area contributed by atoms with Crippen LogP contribution in [-0.2, 0) is 5.33 Å². The number of aromatic nitrogens is 1. The summed E-state index contributed by atoms with van der Waals surface area (Å²) in [5, 5.41) is 11.7. The van der Waals surface area contributed by atoms with Crippen LogP contribution in [0.2, 0.25) is 0 Å². The van der Waals surface area contributed by atoms with Crippen molar-refractivity contribution in [2.75, 3.05) is 0 Å². The monoisotopic (exact) mass is 350 g/mol. The van der Waals surface area contributed by atoms with E-state index in [1.54, 1.807) is 19.2 Å². The molecule has 21 heavy (non-hydrogen) atoms. The smallest absolute Gasteiger partial charge is 0.276 e. The highest BCUT2D eigenvalue weighted by molar-refractivity contribution is 9.08. The minimum atomic E-state index is -0.407. The van der Waals surface area contributed by atoms with Gasteiger partial charge in [0.1, 0.15) is 5.75 Å². The lowest BCUT2D eigenvalue weighted by molar-refractivity contribution is -0.385. The molecule has 0 aliphatic rings. The maximum Gasteiger partial charge on any atom is 0.276 e. The standard InChI is InChI=1S/C15H15BrN2O3/c1-9-4-10(2)14(6-13(9)18(19)20)21-15-11(3)5-12(7-16)8-17-15/h4-6,8H,7H2,1-3H3. The van der Waals surface area contributed by atoms with Gasteiger partial charge in [0.2, 0.25) is 5.88 Å². The lowest BCUT2D eigenvalue weighted by atomic mass is 10.1. The number of nitro groups is 1. The molecule has 0 N–H and O–H groups in total. The number of hydrogen-bond donors (Lipinski definition) is 0. The Morgan fingerprint density at radius 3 is 2.48 bits per heavy atom. The maximum atomic E-state index is 11.0. The van der Waals surface area contributed by atoms with Gasteiger partial charge in [-0.25, -0.2) is 4.98 Å². The Balaban J connectivity index is 2.39. The fourth-order valence-corrected chi connectivity index (χ4v) is 2.34. The van der Waals surface area contributed by atoms with Crippen molar-refractivity contribution in [1.29, 1.82) is 0 Å². The molecule has 0 spiro atoms. The van der Waals surface area contributed by atoms with Gasteiger partial charge in [0.15, 0.2) is 0 Å². The molecule has 0 saturated heterocycles. The van der Waals surface area contributed by atoms with Crippen molar-refractivity contribution in [2.24, 2.45) is 0 Å². The zero-order valence-corrected chi connectivity index (χ0v) is 13.6. The molecular formula is C15H15BrN2O3. The zero-order chi connectivity index (χ0) is 15.6. The molecule has 0 bridgehead atoms. The average molecular weight is 351 g/mol. The summed E-state index contributed by atoms with van der Waals surface area (Å²) < 4.78 is 5.75. The van der Waals surface area contributed by atoms with Gasteiger partial charge in [-0.15, -0.1) is 0 Å². The van der Waals surface area contributed by atoms with E-state index < -0.39 is 4.92 Å². The van der Waals surface area contributed by atoms with Gasteiger partial charge in [-0.2, -0.15) is 0 Å². The van der Waals surface area contributed by atoms with Crippen molar-refractivity contribution in [3.05, 3.63) is 56.8 Å². The van der Waals surface area contributed by atoms with Crippen molar-refractivity contribution in [3.63, 3.8) is 0 Å². The van der Waals surface area contributed by atoms with E-state index in [9.17, 15) is 10.1 Å². The molecule has 0 atom stereocenters. The fraction of sp³-hybridized carbons (Fsp3) is 0.267. The van der Waals surface area contributed by atoms with E-state index >= 15 is 0 Å². The summed E-state index contributed by atoms with van der Waals surface area (Å²) in [7, 11) is 0. The number of halogens is 1. The summed E-state index contributed by atoms with van der Waals surface area (Å²) in [4.78, 5) is 14.9. The third kappa shape index (κ3) is 3.39. The van der Waals surface area contributed by atoms with Crippen molar-refractivity contribution in [2.45, 2.75) is 26.1 Å². The molecule has 5 nitrogen and oxygen atoms in total. The summed E-state index contributed by atoms with van der Waals surface area (Å²) >= 11 is 3.37. The van der Waals surface area contributed by atoms with Crippen LogP contribution >= 0.6 is 15.9 Å². The third-order valence-corrected chi connectivity index (χ3v) is 3.79. The second-order valence-corrected chi connectivity index (χ2v) is 5.42. The summed E-state index contributed by atoms with van der Waals surface area (Å²) in [5.41, 5.74) is 3.43. The van der Waals surface area contributed by atoms with Crippen LogP contribution in [0.3, 0.4) is 0 Å². The van der Waals surface area contributed by atoms with Gasteiger partial charge in [0.05, 0.1) is 11.0 Å². The quantitative estimate of drug-likeness (QED) is 0.459. The first-order valence-electron chi connectivity index (χ1n) is 6.37. The maximum absolute atomic E-state index is 11.0. The van der Waals surface area contributed by atoms with Crippen LogP contribution < -0.4 is 4.74 Å². The molecule has 0 radical (unpaired) electrons. The van der Waals surface area contributed by atoms with E-state index in [2.05, 4.69) is 20.9 Å². The minimum absolute atomic E-state index is 0.0466. The topological polar surface area (TPSA) is 65.3 Å². The van der Waals surface area contributed by atoms with E-state index in [0.717, 1.165) is 22.0 Å². The highest BCUT2D eigenvalue weighted by Gasteiger charge is 2.16. The Hall–Kier alpha value is -1.95. The molecule has 2 aromatic rings. The molecule has 2 rings (SSSR count). The van der Waals surface area contributed by atoms with Crippen molar-refractivity contribution in [3.8, 4) is 11.6 Å². The van der Waals surface area contributed by atoms with Crippen LogP contribution in [0.5, 0.6) is 11.6 Å². The second-order valence-electron chi connectivity index (χ2n) is 4.86. The lowest BCUT2D eigenvalue weighted by Crippen LogP contribution is -1.98. The van der Waals surface area contributed by atoms with Crippen molar-refractivity contribution in [1.82, 2.24) is 4.98 Å². The number of benzene rings is 1. The highest BCUT2D eigenvalue weighted by Crippen LogP contribution is 2.32. The van der Waals surface area contributed by atoms with Crippen LogP contribution in [0.15, 0.2) is 24.4 Å². The molecule has 0 aliphatic heterocycles.